The lowest BCUT2D eigenvalue weighted by atomic mass is 10.0. The number of hydrazine groups is 1. The second-order valence-electron chi connectivity index (χ2n) is 4.58. The number of benzene rings is 1. The van der Waals surface area contributed by atoms with E-state index in [0.717, 1.165) is 30.0 Å². The van der Waals surface area contributed by atoms with Crippen LogP contribution in [0.25, 0.3) is 0 Å². The van der Waals surface area contributed by atoms with Crippen molar-refractivity contribution in [2.75, 3.05) is 5.75 Å². The summed E-state index contributed by atoms with van der Waals surface area (Å²) in [6, 6.07) is 10.6. The average Bonchev–Trinajstić information content (AvgIpc) is 2.91. The van der Waals surface area contributed by atoms with Crippen molar-refractivity contribution in [3.63, 3.8) is 0 Å². The quantitative estimate of drug-likeness (QED) is 0.467. The maximum absolute atomic E-state index is 5.76. The third-order valence-electron chi connectivity index (χ3n) is 3.17. The summed E-state index contributed by atoms with van der Waals surface area (Å²) in [5.41, 5.74) is 5.16. The lowest BCUT2D eigenvalue weighted by molar-refractivity contribution is 0.521. The van der Waals surface area contributed by atoms with E-state index >= 15 is 0 Å². The predicted molar refractivity (Wildman–Crippen MR) is 84.5 cm³/mol. The Morgan fingerprint density at radius 3 is 2.60 bits per heavy atom. The standard InChI is InChI=1S/C15H22N4S/c1-3-11-19-14(9-10-17-19)15(18-16)12-5-7-13(8-6-12)20-4-2/h5-10,15,18H,3-4,11,16H2,1-2H3. The smallest absolute Gasteiger partial charge is 0.0878 e. The van der Waals surface area contributed by atoms with Crippen molar-refractivity contribution in [1.29, 1.82) is 0 Å². The van der Waals surface area contributed by atoms with Crippen molar-refractivity contribution in [2.24, 2.45) is 5.84 Å². The minimum Gasteiger partial charge on any atom is -0.271 e. The molecule has 4 nitrogen and oxygen atoms in total. The Hall–Kier alpha value is -1.30. The number of aryl methyl sites for hydroxylation is 1. The highest BCUT2D eigenvalue weighted by Gasteiger charge is 2.16. The molecule has 1 aromatic carbocycles. The van der Waals surface area contributed by atoms with E-state index in [0.29, 0.717) is 0 Å². The molecule has 0 fully saturated rings. The van der Waals surface area contributed by atoms with Crippen LogP contribution in [-0.4, -0.2) is 15.5 Å². The van der Waals surface area contributed by atoms with Gasteiger partial charge >= 0.3 is 0 Å². The largest absolute Gasteiger partial charge is 0.271 e. The molecular weight excluding hydrogens is 268 g/mol. The SMILES string of the molecule is CCCn1nccc1C(NN)c1ccc(SCC)cc1. The molecule has 0 aliphatic rings. The van der Waals surface area contributed by atoms with E-state index in [2.05, 4.69) is 48.6 Å². The van der Waals surface area contributed by atoms with E-state index in [1.807, 2.05) is 28.7 Å². The van der Waals surface area contributed by atoms with Gasteiger partial charge < -0.3 is 0 Å². The van der Waals surface area contributed by atoms with E-state index in [1.54, 1.807) is 0 Å². The molecular formula is C15H22N4S. The highest BCUT2D eigenvalue weighted by molar-refractivity contribution is 7.99. The Morgan fingerprint density at radius 2 is 2.00 bits per heavy atom. The summed E-state index contributed by atoms with van der Waals surface area (Å²) in [5.74, 6) is 6.85. The monoisotopic (exact) mass is 290 g/mol. The summed E-state index contributed by atoms with van der Waals surface area (Å²) >= 11 is 1.84. The lowest BCUT2D eigenvalue weighted by Gasteiger charge is -2.18. The number of nitrogens with two attached hydrogens (primary N) is 1. The van der Waals surface area contributed by atoms with Crippen molar-refractivity contribution in [3.05, 3.63) is 47.8 Å². The second-order valence-corrected chi connectivity index (χ2v) is 5.92. The van der Waals surface area contributed by atoms with Crippen LogP contribution in [0.3, 0.4) is 0 Å². The third kappa shape index (κ3) is 3.42. The number of rotatable bonds is 7. The fraction of sp³-hybridized carbons (Fsp3) is 0.400. The van der Waals surface area contributed by atoms with E-state index in [1.165, 1.54) is 4.90 Å². The van der Waals surface area contributed by atoms with Gasteiger partial charge in [-0.3, -0.25) is 10.5 Å². The Labute approximate surface area is 124 Å². The highest BCUT2D eigenvalue weighted by atomic mass is 32.2. The Balaban J connectivity index is 2.24. The van der Waals surface area contributed by atoms with Gasteiger partial charge in [0.15, 0.2) is 0 Å². The van der Waals surface area contributed by atoms with E-state index < -0.39 is 0 Å². The van der Waals surface area contributed by atoms with Gasteiger partial charge in [0.2, 0.25) is 0 Å². The number of hydrogen-bond acceptors (Lipinski definition) is 4. The first kappa shape index (κ1) is 15.1. The van der Waals surface area contributed by atoms with Crippen LogP contribution < -0.4 is 11.3 Å². The van der Waals surface area contributed by atoms with Crippen LogP contribution in [0.4, 0.5) is 0 Å². The fourth-order valence-electron chi connectivity index (χ4n) is 2.26. The molecule has 0 amide bonds. The third-order valence-corrected chi connectivity index (χ3v) is 4.07. The molecule has 5 heteroatoms. The van der Waals surface area contributed by atoms with Gasteiger partial charge in [-0.1, -0.05) is 26.0 Å². The van der Waals surface area contributed by atoms with Crippen LogP contribution >= 0.6 is 11.8 Å². The maximum Gasteiger partial charge on any atom is 0.0878 e. The predicted octanol–water partition coefficient (Wildman–Crippen LogP) is 2.96. The van der Waals surface area contributed by atoms with Crippen LogP contribution in [0.15, 0.2) is 41.4 Å². The highest BCUT2D eigenvalue weighted by Crippen LogP contribution is 2.24. The number of thioether (sulfide) groups is 1. The summed E-state index contributed by atoms with van der Waals surface area (Å²) < 4.78 is 2.01. The van der Waals surface area contributed by atoms with Gasteiger partial charge in [0.25, 0.3) is 0 Å². The number of aromatic nitrogens is 2. The van der Waals surface area contributed by atoms with Gasteiger partial charge in [-0.2, -0.15) is 5.10 Å². The van der Waals surface area contributed by atoms with Gasteiger partial charge in [-0.05, 0) is 35.9 Å². The van der Waals surface area contributed by atoms with Crippen LogP contribution in [0.1, 0.15) is 37.6 Å². The van der Waals surface area contributed by atoms with Crippen molar-refractivity contribution >= 4 is 11.8 Å². The molecule has 3 N–H and O–H groups in total. The van der Waals surface area contributed by atoms with E-state index in [4.69, 9.17) is 5.84 Å². The van der Waals surface area contributed by atoms with Crippen LogP contribution in [-0.2, 0) is 6.54 Å². The van der Waals surface area contributed by atoms with Crippen molar-refractivity contribution < 1.29 is 0 Å². The molecule has 2 rings (SSSR count). The molecule has 1 atom stereocenters. The molecule has 1 heterocycles. The first-order chi connectivity index (χ1) is 9.80. The van der Waals surface area contributed by atoms with Crippen molar-refractivity contribution in [3.8, 4) is 0 Å². The molecule has 2 aromatic rings. The number of nitrogens with one attached hydrogen (secondary N) is 1. The van der Waals surface area contributed by atoms with Gasteiger partial charge in [-0.25, -0.2) is 5.43 Å². The summed E-state index contributed by atoms with van der Waals surface area (Å²) in [4.78, 5) is 1.29. The normalized spacial score (nSPS) is 12.6. The summed E-state index contributed by atoms with van der Waals surface area (Å²) in [6.45, 7) is 5.21. The van der Waals surface area contributed by atoms with Crippen molar-refractivity contribution in [2.45, 2.75) is 37.8 Å². The average molecular weight is 290 g/mol. The zero-order valence-corrected chi connectivity index (χ0v) is 12.9. The van der Waals surface area contributed by atoms with Gasteiger partial charge in [0, 0.05) is 17.6 Å². The molecule has 1 unspecified atom stereocenters. The van der Waals surface area contributed by atoms with Gasteiger partial charge in [-0.15, -0.1) is 11.8 Å². The minimum atomic E-state index is -0.0234. The molecule has 0 saturated carbocycles. The molecule has 0 spiro atoms. The van der Waals surface area contributed by atoms with Crippen LogP contribution in [0.2, 0.25) is 0 Å². The molecule has 108 valence electrons. The lowest BCUT2D eigenvalue weighted by Crippen LogP contribution is -2.30. The van der Waals surface area contributed by atoms with Crippen LogP contribution in [0, 0.1) is 0 Å². The second kappa shape index (κ2) is 7.47. The summed E-state index contributed by atoms with van der Waals surface area (Å²) in [6.07, 6.45) is 2.88. The molecule has 0 saturated heterocycles. The van der Waals surface area contributed by atoms with Gasteiger partial charge in [0.05, 0.1) is 11.7 Å². The summed E-state index contributed by atoms with van der Waals surface area (Å²) in [5, 5.41) is 4.36. The Bertz CT molecular complexity index is 521. The topological polar surface area (TPSA) is 55.9 Å². The summed E-state index contributed by atoms with van der Waals surface area (Å²) in [7, 11) is 0. The Kier molecular flexibility index (Phi) is 5.64. The molecule has 0 radical (unpaired) electrons. The zero-order valence-electron chi connectivity index (χ0n) is 12.0. The fourth-order valence-corrected chi connectivity index (χ4v) is 2.92. The van der Waals surface area contributed by atoms with Gasteiger partial charge in [0.1, 0.15) is 0 Å². The van der Waals surface area contributed by atoms with E-state index in [-0.39, 0.29) is 6.04 Å². The first-order valence-corrected chi connectivity index (χ1v) is 7.99. The first-order valence-electron chi connectivity index (χ1n) is 7.00. The zero-order chi connectivity index (χ0) is 14.4. The number of nitrogens with zero attached hydrogens (tertiary/aromatic N) is 2. The molecule has 0 aliphatic heterocycles. The molecule has 1 aromatic heterocycles. The Morgan fingerprint density at radius 1 is 1.25 bits per heavy atom. The number of hydrogen-bond donors (Lipinski definition) is 2. The van der Waals surface area contributed by atoms with Crippen molar-refractivity contribution in [1.82, 2.24) is 15.2 Å². The molecule has 0 bridgehead atoms. The maximum atomic E-state index is 5.76. The molecule has 0 aliphatic carbocycles. The minimum absolute atomic E-state index is 0.0234. The van der Waals surface area contributed by atoms with Crippen LogP contribution in [0.5, 0.6) is 0 Å². The van der Waals surface area contributed by atoms with E-state index in [9.17, 15) is 0 Å². The molecule has 20 heavy (non-hydrogen) atoms.